The van der Waals surface area contributed by atoms with Gasteiger partial charge in [-0.1, -0.05) is 11.6 Å². The van der Waals surface area contributed by atoms with Gasteiger partial charge in [0, 0.05) is 30.3 Å². The van der Waals surface area contributed by atoms with Crippen molar-refractivity contribution in [3.05, 3.63) is 28.8 Å². The van der Waals surface area contributed by atoms with E-state index in [1.54, 1.807) is 0 Å². The number of anilines is 1. The highest BCUT2D eigenvalue weighted by atomic mass is 35.5. The molecule has 0 aliphatic carbocycles. The van der Waals surface area contributed by atoms with Gasteiger partial charge in [0.05, 0.1) is 0 Å². The molecule has 2 rings (SSSR count). The van der Waals surface area contributed by atoms with E-state index in [0.29, 0.717) is 6.04 Å². The number of halogens is 1. The normalized spacial score (nSPS) is 20.8. The summed E-state index contributed by atoms with van der Waals surface area (Å²) in [5.74, 6) is 0. The molecule has 0 saturated heterocycles. The third-order valence-corrected chi connectivity index (χ3v) is 3.11. The van der Waals surface area contributed by atoms with E-state index >= 15 is 0 Å². The summed E-state index contributed by atoms with van der Waals surface area (Å²) in [6.45, 7) is 1.10. The molecule has 0 aromatic heterocycles. The van der Waals surface area contributed by atoms with Crippen molar-refractivity contribution in [2.24, 2.45) is 0 Å². The molecule has 1 atom stereocenters. The van der Waals surface area contributed by atoms with Gasteiger partial charge in [-0.15, -0.1) is 0 Å². The van der Waals surface area contributed by atoms with Crippen LogP contribution in [0.15, 0.2) is 18.2 Å². The summed E-state index contributed by atoms with van der Waals surface area (Å²) < 4.78 is 0. The molecule has 0 spiro atoms. The molecule has 2 nitrogen and oxygen atoms in total. The zero-order valence-electron chi connectivity index (χ0n) is 8.55. The minimum absolute atomic E-state index is 0.444. The maximum atomic E-state index is 6.00. The summed E-state index contributed by atoms with van der Waals surface area (Å²) in [7, 11) is 4.12. The van der Waals surface area contributed by atoms with E-state index in [0.717, 1.165) is 18.0 Å². The molecule has 1 heterocycles. The molecule has 0 amide bonds. The van der Waals surface area contributed by atoms with Crippen LogP contribution in [-0.4, -0.2) is 20.6 Å². The number of rotatable bonds is 1. The second kappa shape index (κ2) is 3.79. The van der Waals surface area contributed by atoms with Crippen LogP contribution >= 0.6 is 11.6 Å². The minimum Gasteiger partial charge on any atom is -0.374 e. The van der Waals surface area contributed by atoms with Crippen molar-refractivity contribution in [2.45, 2.75) is 12.5 Å². The third-order valence-electron chi connectivity index (χ3n) is 2.88. The molecule has 1 aliphatic heterocycles. The lowest BCUT2D eigenvalue weighted by atomic mass is 9.97. The zero-order chi connectivity index (χ0) is 10.1. The molecule has 1 unspecified atom stereocenters. The number of benzene rings is 1. The Kier molecular flexibility index (Phi) is 2.66. The van der Waals surface area contributed by atoms with E-state index in [2.05, 4.69) is 29.4 Å². The van der Waals surface area contributed by atoms with Crippen LogP contribution in [0, 0.1) is 0 Å². The minimum atomic E-state index is 0.444. The lowest BCUT2D eigenvalue weighted by Gasteiger charge is -2.33. The second-order valence-corrected chi connectivity index (χ2v) is 4.19. The Morgan fingerprint density at radius 1 is 1.50 bits per heavy atom. The average Bonchev–Trinajstić information content (AvgIpc) is 2.18. The molecule has 76 valence electrons. The average molecular weight is 211 g/mol. The molecular formula is C11H15ClN2. The number of fused-ring (bicyclic) bond motifs is 1. The van der Waals surface area contributed by atoms with Crippen LogP contribution in [0.3, 0.4) is 0 Å². The Morgan fingerprint density at radius 2 is 2.29 bits per heavy atom. The lowest BCUT2D eigenvalue weighted by molar-refractivity contribution is 0.528. The SMILES string of the molecule is CNC1CCN(C)c2ccc(Cl)cc21. The molecule has 14 heavy (non-hydrogen) atoms. The standard InChI is InChI=1S/C11H15ClN2/c1-13-10-5-6-14(2)11-4-3-8(12)7-9(10)11/h3-4,7,10,13H,5-6H2,1-2H3. The Morgan fingerprint density at radius 3 is 3.00 bits per heavy atom. The first-order valence-electron chi connectivity index (χ1n) is 4.90. The predicted octanol–water partition coefficient (Wildman–Crippen LogP) is 2.44. The molecule has 1 aromatic rings. The first-order valence-corrected chi connectivity index (χ1v) is 5.28. The van der Waals surface area contributed by atoms with Gasteiger partial charge < -0.3 is 10.2 Å². The van der Waals surface area contributed by atoms with E-state index in [1.165, 1.54) is 11.3 Å². The van der Waals surface area contributed by atoms with Crippen molar-refractivity contribution in [2.75, 3.05) is 25.5 Å². The molecule has 1 N–H and O–H groups in total. The van der Waals surface area contributed by atoms with Gasteiger partial charge in [0.15, 0.2) is 0 Å². The van der Waals surface area contributed by atoms with Crippen molar-refractivity contribution in [3.8, 4) is 0 Å². The Hall–Kier alpha value is -0.730. The highest BCUT2D eigenvalue weighted by Gasteiger charge is 2.21. The molecule has 0 radical (unpaired) electrons. The van der Waals surface area contributed by atoms with Gasteiger partial charge in [-0.05, 0) is 37.2 Å². The van der Waals surface area contributed by atoms with Crippen molar-refractivity contribution in [1.29, 1.82) is 0 Å². The first-order chi connectivity index (χ1) is 6.72. The highest BCUT2D eigenvalue weighted by Crippen LogP contribution is 2.34. The lowest BCUT2D eigenvalue weighted by Crippen LogP contribution is -2.31. The number of hydrogen-bond donors (Lipinski definition) is 1. The molecule has 0 saturated carbocycles. The molecule has 3 heteroatoms. The van der Waals surface area contributed by atoms with E-state index in [-0.39, 0.29) is 0 Å². The molecule has 1 aromatic carbocycles. The van der Waals surface area contributed by atoms with Gasteiger partial charge in [0.25, 0.3) is 0 Å². The number of nitrogens with one attached hydrogen (secondary N) is 1. The van der Waals surface area contributed by atoms with E-state index in [4.69, 9.17) is 11.6 Å². The molecular weight excluding hydrogens is 196 g/mol. The van der Waals surface area contributed by atoms with Crippen molar-refractivity contribution < 1.29 is 0 Å². The van der Waals surface area contributed by atoms with Crippen molar-refractivity contribution in [3.63, 3.8) is 0 Å². The molecule has 1 aliphatic rings. The summed E-state index contributed by atoms with van der Waals surface area (Å²) in [5.41, 5.74) is 2.61. The van der Waals surface area contributed by atoms with Crippen LogP contribution in [0.25, 0.3) is 0 Å². The predicted molar refractivity (Wildman–Crippen MR) is 61.1 cm³/mol. The summed E-state index contributed by atoms with van der Waals surface area (Å²) >= 11 is 6.00. The zero-order valence-corrected chi connectivity index (χ0v) is 9.30. The van der Waals surface area contributed by atoms with E-state index in [1.807, 2.05) is 13.1 Å². The number of nitrogens with zero attached hydrogens (tertiary/aromatic N) is 1. The highest BCUT2D eigenvalue weighted by molar-refractivity contribution is 6.30. The summed E-state index contributed by atoms with van der Waals surface area (Å²) in [4.78, 5) is 2.28. The van der Waals surface area contributed by atoms with Crippen LogP contribution < -0.4 is 10.2 Å². The van der Waals surface area contributed by atoms with Gasteiger partial charge in [0.2, 0.25) is 0 Å². The Bertz CT molecular complexity index is 338. The largest absolute Gasteiger partial charge is 0.374 e. The van der Waals surface area contributed by atoms with Gasteiger partial charge in [-0.25, -0.2) is 0 Å². The summed E-state index contributed by atoms with van der Waals surface area (Å²) in [6.07, 6.45) is 1.14. The van der Waals surface area contributed by atoms with Crippen LogP contribution in [0.5, 0.6) is 0 Å². The van der Waals surface area contributed by atoms with Gasteiger partial charge >= 0.3 is 0 Å². The number of hydrogen-bond acceptors (Lipinski definition) is 2. The first kappa shape index (κ1) is 9.81. The van der Waals surface area contributed by atoms with Crippen LogP contribution in [0.2, 0.25) is 5.02 Å². The van der Waals surface area contributed by atoms with Crippen LogP contribution in [0.4, 0.5) is 5.69 Å². The topological polar surface area (TPSA) is 15.3 Å². The van der Waals surface area contributed by atoms with Gasteiger partial charge in [0.1, 0.15) is 0 Å². The molecule has 0 fully saturated rings. The smallest absolute Gasteiger partial charge is 0.0413 e. The van der Waals surface area contributed by atoms with E-state index in [9.17, 15) is 0 Å². The summed E-state index contributed by atoms with van der Waals surface area (Å²) in [5, 5.41) is 4.14. The van der Waals surface area contributed by atoms with Crippen molar-refractivity contribution in [1.82, 2.24) is 5.32 Å². The fourth-order valence-corrected chi connectivity index (χ4v) is 2.23. The van der Waals surface area contributed by atoms with Gasteiger partial charge in [-0.3, -0.25) is 0 Å². The van der Waals surface area contributed by atoms with Crippen molar-refractivity contribution >= 4 is 17.3 Å². The second-order valence-electron chi connectivity index (χ2n) is 3.75. The Labute approximate surface area is 89.9 Å². The van der Waals surface area contributed by atoms with Crippen LogP contribution in [0.1, 0.15) is 18.0 Å². The quantitative estimate of drug-likeness (QED) is 0.766. The fraction of sp³-hybridized carbons (Fsp3) is 0.455. The maximum absolute atomic E-state index is 6.00. The Balaban J connectivity index is 2.46. The molecule has 0 bridgehead atoms. The maximum Gasteiger partial charge on any atom is 0.0413 e. The fourth-order valence-electron chi connectivity index (χ4n) is 2.05. The van der Waals surface area contributed by atoms with Crippen LogP contribution in [-0.2, 0) is 0 Å². The van der Waals surface area contributed by atoms with Gasteiger partial charge in [-0.2, -0.15) is 0 Å². The summed E-state index contributed by atoms with van der Waals surface area (Å²) in [6, 6.07) is 6.56. The van der Waals surface area contributed by atoms with E-state index < -0.39 is 0 Å². The third kappa shape index (κ3) is 1.60. The monoisotopic (exact) mass is 210 g/mol.